The van der Waals surface area contributed by atoms with Gasteiger partial charge in [0.15, 0.2) is 0 Å². The van der Waals surface area contributed by atoms with Crippen molar-refractivity contribution in [3.05, 3.63) is 108 Å². The molecular weight excluding hydrogens is 406 g/mol. The van der Waals surface area contributed by atoms with E-state index in [9.17, 15) is 5.11 Å². The maximum Gasteiger partial charge on any atom is 0.115 e. The van der Waals surface area contributed by atoms with Gasteiger partial charge in [0.1, 0.15) is 5.75 Å². The third-order valence-corrected chi connectivity index (χ3v) is 5.92. The molecular formula is C29H25N3O. The number of aromatic hydroxyl groups is 1. The summed E-state index contributed by atoms with van der Waals surface area (Å²) in [5, 5.41) is 14.0. The molecule has 0 aliphatic heterocycles. The third kappa shape index (κ3) is 4.41. The van der Waals surface area contributed by atoms with E-state index in [4.69, 9.17) is 9.97 Å². The summed E-state index contributed by atoms with van der Waals surface area (Å²) in [6, 6.07) is 30.4. The van der Waals surface area contributed by atoms with Gasteiger partial charge in [-0.25, -0.2) is 4.98 Å². The molecule has 4 heteroatoms. The van der Waals surface area contributed by atoms with Gasteiger partial charge in [-0.15, -0.1) is 0 Å². The summed E-state index contributed by atoms with van der Waals surface area (Å²) in [5.74, 6) is 0.292. The lowest BCUT2D eigenvalue weighted by atomic mass is 9.96. The number of pyridine rings is 2. The first kappa shape index (κ1) is 20.7. The molecule has 0 atom stereocenters. The van der Waals surface area contributed by atoms with Crippen LogP contribution >= 0.6 is 0 Å². The SMILES string of the molecule is CNc1ccc(-c2nc3ccnc(CCc4cccc(O)c4)c3cc2-c2ccccc2)cc1. The van der Waals surface area contributed by atoms with Crippen molar-refractivity contribution in [2.75, 3.05) is 12.4 Å². The molecule has 0 aliphatic rings. The molecule has 0 fully saturated rings. The second-order valence-electron chi connectivity index (χ2n) is 8.07. The minimum atomic E-state index is 0.292. The van der Waals surface area contributed by atoms with Crippen LogP contribution in [0.1, 0.15) is 11.3 Å². The average Bonchev–Trinajstić information content (AvgIpc) is 2.87. The van der Waals surface area contributed by atoms with Crippen LogP contribution in [-0.2, 0) is 12.8 Å². The zero-order valence-electron chi connectivity index (χ0n) is 18.5. The smallest absolute Gasteiger partial charge is 0.115 e. The summed E-state index contributed by atoms with van der Waals surface area (Å²) in [5.41, 5.74) is 8.36. The first-order valence-corrected chi connectivity index (χ1v) is 11.1. The van der Waals surface area contributed by atoms with Crippen LogP contribution in [0.4, 0.5) is 5.69 Å². The topological polar surface area (TPSA) is 58.0 Å². The van der Waals surface area contributed by atoms with Gasteiger partial charge in [0.25, 0.3) is 0 Å². The fourth-order valence-corrected chi connectivity index (χ4v) is 4.18. The van der Waals surface area contributed by atoms with E-state index in [0.29, 0.717) is 5.75 Å². The molecule has 2 heterocycles. The Morgan fingerprint density at radius 2 is 1.61 bits per heavy atom. The molecule has 0 bridgehead atoms. The van der Waals surface area contributed by atoms with Crippen LogP contribution < -0.4 is 5.32 Å². The number of aryl methyl sites for hydroxylation is 2. The molecule has 2 N–H and O–H groups in total. The van der Waals surface area contributed by atoms with Gasteiger partial charge in [0.2, 0.25) is 0 Å². The highest BCUT2D eigenvalue weighted by Gasteiger charge is 2.14. The van der Waals surface area contributed by atoms with Crippen LogP contribution in [0.3, 0.4) is 0 Å². The highest BCUT2D eigenvalue weighted by molar-refractivity contribution is 5.92. The van der Waals surface area contributed by atoms with E-state index in [1.807, 2.05) is 43.6 Å². The Hall–Kier alpha value is -4.18. The van der Waals surface area contributed by atoms with Crippen molar-refractivity contribution in [2.24, 2.45) is 0 Å². The van der Waals surface area contributed by atoms with E-state index in [0.717, 1.165) is 63.1 Å². The van der Waals surface area contributed by atoms with E-state index in [1.165, 1.54) is 0 Å². The maximum atomic E-state index is 9.79. The van der Waals surface area contributed by atoms with Gasteiger partial charge in [-0.05, 0) is 60.4 Å². The Morgan fingerprint density at radius 1 is 0.788 bits per heavy atom. The number of phenols is 1. The molecule has 5 rings (SSSR count). The lowest BCUT2D eigenvalue weighted by Gasteiger charge is -2.14. The molecule has 0 spiro atoms. The summed E-state index contributed by atoms with van der Waals surface area (Å²) in [6.45, 7) is 0. The van der Waals surface area contributed by atoms with Crippen LogP contribution in [0.5, 0.6) is 5.75 Å². The quantitative estimate of drug-likeness (QED) is 0.322. The second kappa shape index (κ2) is 9.13. The monoisotopic (exact) mass is 431 g/mol. The molecule has 0 amide bonds. The van der Waals surface area contributed by atoms with Crippen LogP contribution in [-0.4, -0.2) is 22.1 Å². The maximum absolute atomic E-state index is 9.79. The Morgan fingerprint density at radius 3 is 2.36 bits per heavy atom. The predicted molar refractivity (Wildman–Crippen MR) is 135 cm³/mol. The Labute approximate surface area is 193 Å². The van der Waals surface area contributed by atoms with Crippen LogP contribution in [0, 0.1) is 0 Å². The highest BCUT2D eigenvalue weighted by atomic mass is 16.3. The van der Waals surface area contributed by atoms with Crippen LogP contribution in [0.25, 0.3) is 33.3 Å². The van der Waals surface area contributed by atoms with E-state index < -0.39 is 0 Å². The van der Waals surface area contributed by atoms with Gasteiger partial charge >= 0.3 is 0 Å². The molecule has 0 saturated heterocycles. The van der Waals surface area contributed by atoms with Gasteiger partial charge in [0, 0.05) is 35.4 Å². The molecule has 2 aromatic heterocycles. The highest BCUT2D eigenvalue weighted by Crippen LogP contribution is 2.34. The molecule has 0 unspecified atom stereocenters. The molecule has 33 heavy (non-hydrogen) atoms. The van der Waals surface area contributed by atoms with Crippen molar-refractivity contribution in [1.29, 1.82) is 0 Å². The number of nitrogens with zero attached hydrogens (tertiary/aromatic N) is 2. The minimum Gasteiger partial charge on any atom is -0.508 e. The molecule has 5 aromatic rings. The van der Waals surface area contributed by atoms with Crippen molar-refractivity contribution in [3.63, 3.8) is 0 Å². The summed E-state index contributed by atoms with van der Waals surface area (Å²) in [7, 11) is 1.92. The number of hydrogen-bond donors (Lipinski definition) is 2. The van der Waals surface area contributed by atoms with Crippen LogP contribution in [0.2, 0.25) is 0 Å². The van der Waals surface area contributed by atoms with E-state index in [-0.39, 0.29) is 0 Å². The standard InChI is InChI=1S/C29H25N3O/c1-30-23-13-11-22(12-14-23)29-25(21-7-3-2-4-8-21)19-26-27(31-17-16-28(26)32-29)15-10-20-6-5-9-24(33)18-20/h2-9,11-14,16-19,30,33H,10,15H2,1H3. The van der Waals surface area contributed by atoms with Gasteiger partial charge in [-0.3, -0.25) is 4.98 Å². The zero-order chi connectivity index (χ0) is 22.6. The van der Waals surface area contributed by atoms with Crippen molar-refractivity contribution >= 4 is 16.6 Å². The molecule has 3 aromatic carbocycles. The normalized spacial score (nSPS) is 10.9. The van der Waals surface area contributed by atoms with E-state index in [1.54, 1.807) is 6.07 Å². The molecule has 4 nitrogen and oxygen atoms in total. The summed E-state index contributed by atoms with van der Waals surface area (Å²) in [6.07, 6.45) is 3.41. The van der Waals surface area contributed by atoms with Crippen molar-refractivity contribution in [3.8, 4) is 28.1 Å². The first-order valence-electron chi connectivity index (χ1n) is 11.1. The molecule has 0 radical (unpaired) electrons. The van der Waals surface area contributed by atoms with Gasteiger partial charge in [0.05, 0.1) is 16.9 Å². The van der Waals surface area contributed by atoms with Gasteiger partial charge in [-0.2, -0.15) is 0 Å². The summed E-state index contributed by atoms with van der Waals surface area (Å²) >= 11 is 0. The third-order valence-electron chi connectivity index (χ3n) is 5.92. The number of hydrogen-bond acceptors (Lipinski definition) is 4. The lowest BCUT2D eigenvalue weighted by Crippen LogP contribution is -1.99. The molecule has 0 aliphatic carbocycles. The summed E-state index contributed by atoms with van der Waals surface area (Å²) < 4.78 is 0. The average molecular weight is 432 g/mol. The number of benzene rings is 3. The number of fused-ring (bicyclic) bond motifs is 1. The predicted octanol–water partition coefficient (Wildman–Crippen LogP) is 6.50. The van der Waals surface area contributed by atoms with Crippen molar-refractivity contribution < 1.29 is 5.11 Å². The Kier molecular flexibility index (Phi) is 5.73. The molecule has 162 valence electrons. The number of phenolic OH excluding ortho intramolecular Hbond substituents is 1. The first-order chi connectivity index (χ1) is 16.2. The number of aromatic nitrogens is 2. The Balaban J connectivity index is 1.62. The zero-order valence-corrected chi connectivity index (χ0v) is 18.5. The summed E-state index contributed by atoms with van der Waals surface area (Å²) in [4.78, 5) is 9.80. The number of nitrogens with one attached hydrogen (secondary N) is 1. The van der Waals surface area contributed by atoms with E-state index in [2.05, 4.69) is 59.9 Å². The van der Waals surface area contributed by atoms with E-state index >= 15 is 0 Å². The van der Waals surface area contributed by atoms with Crippen molar-refractivity contribution in [2.45, 2.75) is 12.8 Å². The largest absolute Gasteiger partial charge is 0.508 e. The van der Waals surface area contributed by atoms with Gasteiger partial charge < -0.3 is 10.4 Å². The number of rotatable bonds is 6. The fraction of sp³-hybridized carbons (Fsp3) is 0.103. The number of anilines is 1. The van der Waals surface area contributed by atoms with Gasteiger partial charge in [-0.1, -0.05) is 54.6 Å². The van der Waals surface area contributed by atoms with Crippen LogP contribution in [0.15, 0.2) is 97.2 Å². The lowest BCUT2D eigenvalue weighted by molar-refractivity contribution is 0.474. The molecule has 0 saturated carbocycles. The second-order valence-corrected chi connectivity index (χ2v) is 8.07. The minimum absolute atomic E-state index is 0.292. The van der Waals surface area contributed by atoms with Crippen molar-refractivity contribution in [1.82, 2.24) is 9.97 Å². The Bertz CT molecular complexity index is 1400. The fourth-order valence-electron chi connectivity index (χ4n) is 4.18.